The fourth-order valence-corrected chi connectivity index (χ4v) is 2.60. The van der Waals surface area contributed by atoms with Gasteiger partial charge in [-0.1, -0.05) is 51.2 Å². The maximum Gasteiger partial charge on any atom is 0.255 e. The molecule has 3 unspecified atom stereocenters. The molecule has 0 aliphatic heterocycles. The summed E-state index contributed by atoms with van der Waals surface area (Å²) in [7, 11) is 0. The molecule has 0 aromatic rings. The van der Waals surface area contributed by atoms with Gasteiger partial charge in [0.25, 0.3) is 5.91 Å². The van der Waals surface area contributed by atoms with Gasteiger partial charge in [0.1, 0.15) is 0 Å². The van der Waals surface area contributed by atoms with Crippen LogP contribution in [0, 0.1) is 17.8 Å². The Morgan fingerprint density at radius 3 is 2.79 bits per heavy atom. The van der Waals surface area contributed by atoms with Crippen LogP contribution in [-0.2, 0) is 4.79 Å². The van der Waals surface area contributed by atoms with Gasteiger partial charge in [0.2, 0.25) is 0 Å². The molecule has 2 nitrogen and oxygen atoms in total. The molecule has 0 bridgehead atoms. The smallest absolute Gasteiger partial charge is 0.255 e. The summed E-state index contributed by atoms with van der Waals surface area (Å²) in [6.07, 6.45) is 14.5. The Hall–Kier alpha value is -1.57. The van der Waals surface area contributed by atoms with E-state index in [-0.39, 0.29) is 5.91 Å². The molecule has 0 fully saturated rings. The van der Waals surface area contributed by atoms with Gasteiger partial charge >= 0.3 is 0 Å². The van der Waals surface area contributed by atoms with Crippen LogP contribution in [0.5, 0.6) is 0 Å². The number of amides is 1. The largest absolute Gasteiger partial charge is 0.322 e. The second-order valence-electron chi connectivity index (χ2n) is 5.60. The van der Waals surface area contributed by atoms with Crippen LogP contribution in [0.2, 0.25) is 0 Å². The van der Waals surface area contributed by atoms with E-state index in [1.807, 2.05) is 18.2 Å². The Kier molecular flexibility index (Phi) is 4.41. The highest BCUT2D eigenvalue weighted by Crippen LogP contribution is 2.24. The van der Waals surface area contributed by atoms with E-state index in [9.17, 15) is 4.79 Å². The van der Waals surface area contributed by atoms with Crippen molar-refractivity contribution in [2.24, 2.45) is 17.8 Å². The van der Waals surface area contributed by atoms with Crippen LogP contribution in [0.25, 0.3) is 0 Å². The third kappa shape index (κ3) is 3.46. The van der Waals surface area contributed by atoms with E-state index >= 15 is 0 Å². The molecule has 19 heavy (non-hydrogen) atoms. The maximum absolute atomic E-state index is 12.2. The first-order chi connectivity index (χ1) is 9.10. The fourth-order valence-electron chi connectivity index (χ4n) is 2.60. The maximum atomic E-state index is 12.2. The summed E-state index contributed by atoms with van der Waals surface area (Å²) in [4.78, 5) is 12.2. The molecule has 1 amide bonds. The van der Waals surface area contributed by atoms with Crippen molar-refractivity contribution >= 4 is 5.91 Å². The number of allylic oxidation sites excluding steroid dienone is 5. The Labute approximate surface area is 116 Å². The zero-order valence-electron chi connectivity index (χ0n) is 12.0. The predicted octanol–water partition coefficient (Wildman–Crippen LogP) is 3.74. The Balaban J connectivity index is 2.04. The van der Waals surface area contributed by atoms with Crippen molar-refractivity contribution in [3.63, 3.8) is 0 Å². The van der Waals surface area contributed by atoms with Gasteiger partial charge in [0, 0.05) is 11.3 Å². The summed E-state index contributed by atoms with van der Waals surface area (Å²) in [5.74, 6) is 1.53. The number of hydrogen-bond acceptors (Lipinski definition) is 1. The molecular formula is C17H23NO. The SMILES string of the molecule is CCC1C=C(NC(=O)C2=CC(C)CC=C2)C=CC1C. The topological polar surface area (TPSA) is 29.1 Å². The van der Waals surface area contributed by atoms with Crippen molar-refractivity contribution in [3.8, 4) is 0 Å². The summed E-state index contributed by atoms with van der Waals surface area (Å²) in [6.45, 7) is 6.53. The molecule has 0 heterocycles. The van der Waals surface area contributed by atoms with Gasteiger partial charge in [-0.15, -0.1) is 0 Å². The van der Waals surface area contributed by atoms with E-state index in [4.69, 9.17) is 0 Å². The summed E-state index contributed by atoms with van der Waals surface area (Å²) >= 11 is 0. The number of hydrogen-bond donors (Lipinski definition) is 1. The van der Waals surface area contributed by atoms with Gasteiger partial charge in [-0.2, -0.15) is 0 Å². The van der Waals surface area contributed by atoms with Gasteiger partial charge in [-0.05, 0) is 36.7 Å². The molecule has 3 atom stereocenters. The van der Waals surface area contributed by atoms with E-state index in [1.54, 1.807) is 0 Å². The molecule has 0 aromatic carbocycles. The minimum absolute atomic E-state index is 0.00288. The van der Waals surface area contributed by atoms with E-state index in [0.29, 0.717) is 17.8 Å². The lowest BCUT2D eigenvalue weighted by Crippen LogP contribution is -2.26. The lowest BCUT2D eigenvalue weighted by Gasteiger charge is -2.22. The predicted molar refractivity (Wildman–Crippen MR) is 79.3 cm³/mol. The molecule has 0 saturated heterocycles. The molecule has 0 spiro atoms. The Morgan fingerprint density at radius 2 is 2.11 bits per heavy atom. The molecule has 0 aromatic heterocycles. The van der Waals surface area contributed by atoms with Gasteiger partial charge in [0.05, 0.1) is 0 Å². The third-order valence-electron chi connectivity index (χ3n) is 3.91. The van der Waals surface area contributed by atoms with Crippen LogP contribution in [0.4, 0.5) is 0 Å². The van der Waals surface area contributed by atoms with Gasteiger partial charge < -0.3 is 5.32 Å². The molecule has 0 radical (unpaired) electrons. The van der Waals surface area contributed by atoms with E-state index in [1.165, 1.54) is 0 Å². The minimum atomic E-state index is 0.00288. The van der Waals surface area contributed by atoms with Crippen molar-refractivity contribution in [3.05, 3.63) is 47.7 Å². The standard InChI is InChI=1S/C17H23NO/c1-4-14-11-16(9-8-13(14)3)18-17(19)15-7-5-6-12(2)10-15/h5,7-14H,4,6H2,1-3H3,(H,18,19). The number of carbonyl (C=O) groups excluding carboxylic acids is 1. The Bertz CT molecular complexity index is 468. The number of rotatable bonds is 3. The normalized spacial score (nSPS) is 29.7. The van der Waals surface area contributed by atoms with Gasteiger partial charge in [-0.25, -0.2) is 0 Å². The first-order valence-corrected chi connectivity index (χ1v) is 7.20. The average molecular weight is 257 g/mol. The van der Waals surface area contributed by atoms with Crippen molar-refractivity contribution in [2.75, 3.05) is 0 Å². The van der Waals surface area contributed by atoms with Crippen LogP contribution in [0.1, 0.15) is 33.6 Å². The number of carbonyl (C=O) groups is 1. The first kappa shape index (κ1) is 13.9. The third-order valence-corrected chi connectivity index (χ3v) is 3.91. The Morgan fingerprint density at radius 1 is 1.32 bits per heavy atom. The van der Waals surface area contributed by atoms with Crippen molar-refractivity contribution < 1.29 is 4.79 Å². The monoisotopic (exact) mass is 257 g/mol. The highest BCUT2D eigenvalue weighted by Gasteiger charge is 2.17. The number of nitrogens with one attached hydrogen (secondary N) is 1. The highest BCUT2D eigenvalue weighted by atomic mass is 16.1. The van der Waals surface area contributed by atoms with Crippen LogP contribution in [0.15, 0.2) is 47.7 Å². The van der Waals surface area contributed by atoms with Crippen molar-refractivity contribution in [1.82, 2.24) is 5.32 Å². The second kappa shape index (κ2) is 6.05. The molecule has 0 saturated carbocycles. The van der Waals surface area contributed by atoms with E-state index in [2.05, 4.69) is 44.3 Å². The van der Waals surface area contributed by atoms with E-state index < -0.39 is 0 Å². The van der Waals surface area contributed by atoms with Crippen LogP contribution < -0.4 is 5.32 Å². The van der Waals surface area contributed by atoms with Gasteiger partial charge in [-0.3, -0.25) is 4.79 Å². The minimum Gasteiger partial charge on any atom is -0.322 e. The van der Waals surface area contributed by atoms with Crippen LogP contribution >= 0.6 is 0 Å². The van der Waals surface area contributed by atoms with Crippen molar-refractivity contribution in [1.29, 1.82) is 0 Å². The molecule has 2 rings (SSSR count). The summed E-state index contributed by atoms with van der Waals surface area (Å²) in [6, 6.07) is 0. The molecule has 102 valence electrons. The first-order valence-electron chi connectivity index (χ1n) is 7.20. The van der Waals surface area contributed by atoms with E-state index in [0.717, 1.165) is 24.1 Å². The lowest BCUT2D eigenvalue weighted by molar-refractivity contribution is -0.116. The molecule has 2 aliphatic carbocycles. The highest BCUT2D eigenvalue weighted by molar-refractivity contribution is 5.97. The van der Waals surface area contributed by atoms with Crippen LogP contribution in [0.3, 0.4) is 0 Å². The van der Waals surface area contributed by atoms with Crippen LogP contribution in [-0.4, -0.2) is 5.91 Å². The fraction of sp³-hybridized carbons (Fsp3) is 0.471. The average Bonchev–Trinajstić information content (AvgIpc) is 2.41. The molecule has 2 heteroatoms. The quantitative estimate of drug-likeness (QED) is 0.820. The zero-order valence-corrected chi connectivity index (χ0v) is 12.0. The second-order valence-corrected chi connectivity index (χ2v) is 5.60. The molecular weight excluding hydrogens is 234 g/mol. The molecule has 1 N–H and O–H groups in total. The summed E-state index contributed by atoms with van der Waals surface area (Å²) < 4.78 is 0. The molecule has 2 aliphatic rings. The summed E-state index contributed by atoms with van der Waals surface area (Å²) in [5, 5.41) is 3.01. The zero-order chi connectivity index (χ0) is 13.8. The summed E-state index contributed by atoms with van der Waals surface area (Å²) in [5.41, 5.74) is 1.71. The van der Waals surface area contributed by atoms with Gasteiger partial charge in [0.15, 0.2) is 0 Å². The van der Waals surface area contributed by atoms with Crippen molar-refractivity contribution in [2.45, 2.75) is 33.6 Å². The lowest BCUT2D eigenvalue weighted by atomic mass is 9.87.